The lowest BCUT2D eigenvalue weighted by Gasteiger charge is -2.32. The first-order valence-corrected chi connectivity index (χ1v) is 9.36. The molecule has 1 fully saturated rings. The van der Waals surface area contributed by atoms with Crippen LogP contribution < -0.4 is 5.48 Å². The zero-order valence-corrected chi connectivity index (χ0v) is 17.0. The van der Waals surface area contributed by atoms with Crippen molar-refractivity contribution in [2.45, 2.75) is 39.2 Å². The number of ether oxygens (including phenoxy) is 1. The van der Waals surface area contributed by atoms with Gasteiger partial charge in [0.05, 0.1) is 10.2 Å². The largest absolute Gasteiger partial charge is 0.444 e. The van der Waals surface area contributed by atoms with E-state index in [4.69, 9.17) is 4.74 Å². The van der Waals surface area contributed by atoms with Gasteiger partial charge in [-0.05, 0) is 67.7 Å². The summed E-state index contributed by atoms with van der Waals surface area (Å²) in [4.78, 5) is 30.3. The van der Waals surface area contributed by atoms with E-state index in [1.807, 2.05) is 5.48 Å². The summed E-state index contributed by atoms with van der Waals surface area (Å²) in [6, 6.07) is 4.02. The van der Waals surface area contributed by atoms with E-state index in [1.165, 1.54) is 18.2 Å². The first kappa shape index (κ1) is 21.3. The summed E-state index contributed by atoms with van der Waals surface area (Å²) in [5.74, 6) is -1.41. The third kappa shape index (κ3) is 6.00. The Morgan fingerprint density at radius 2 is 1.96 bits per heavy atom. The van der Waals surface area contributed by atoms with E-state index in [9.17, 15) is 19.2 Å². The number of hydrogen-bond donors (Lipinski definition) is 2. The normalized spacial score (nSPS) is 16.2. The Bertz CT molecular complexity index is 741. The van der Waals surface area contributed by atoms with E-state index >= 15 is 0 Å². The fourth-order valence-corrected chi connectivity index (χ4v) is 3.03. The van der Waals surface area contributed by atoms with E-state index in [1.54, 1.807) is 25.7 Å². The Morgan fingerprint density at radius 1 is 1.33 bits per heavy atom. The van der Waals surface area contributed by atoms with E-state index in [-0.39, 0.29) is 22.0 Å². The number of likely N-dealkylation sites (tertiary alicyclic amines) is 1. The average Bonchev–Trinajstić information content (AvgIpc) is 2.60. The molecule has 1 aliphatic heterocycles. The van der Waals surface area contributed by atoms with Crippen LogP contribution in [0.25, 0.3) is 0 Å². The fraction of sp³-hybridized carbons (Fsp3) is 0.500. The molecule has 0 bridgehead atoms. The first-order valence-electron chi connectivity index (χ1n) is 8.56. The van der Waals surface area contributed by atoms with Crippen LogP contribution in [-0.4, -0.2) is 46.5 Å². The Morgan fingerprint density at radius 3 is 2.48 bits per heavy atom. The predicted molar refractivity (Wildman–Crippen MR) is 102 cm³/mol. The Labute approximate surface area is 165 Å². The number of halogens is 2. The maximum Gasteiger partial charge on any atom is 0.410 e. The second kappa shape index (κ2) is 8.79. The molecule has 0 atom stereocenters. The molecule has 1 aliphatic rings. The Kier molecular flexibility index (Phi) is 6.94. The van der Waals surface area contributed by atoms with Crippen molar-refractivity contribution in [3.8, 4) is 0 Å². The molecule has 27 heavy (non-hydrogen) atoms. The first-order chi connectivity index (χ1) is 12.6. The molecule has 0 aliphatic carbocycles. The van der Waals surface area contributed by atoms with Gasteiger partial charge in [0.1, 0.15) is 11.4 Å². The van der Waals surface area contributed by atoms with Crippen molar-refractivity contribution in [2.75, 3.05) is 13.1 Å². The highest BCUT2D eigenvalue weighted by atomic mass is 79.9. The van der Waals surface area contributed by atoms with Crippen molar-refractivity contribution in [2.24, 2.45) is 10.9 Å². The number of piperidine rings is 1. The SMILES string of the molecule is CC(C)(C)OC(=O)N1CCC(C(=O)C(=Nc2ccc(F)c(Br)c2)NO)CC1. The topological polar surface area (TPSA) is 91.2 Å². The molecule has 2 N–H and O–H groups in total. The van der Waals surface area contributed by atoms with Crippen molar-refractivity contribution in [1.82, 2.24) is 10.4 Å². The van der Waals surface area contributed by atoms with Gasteiger partial charge in [0.15, 0.2) is 5.84 Å². The van der Waals surface area contributed by atoms with Gasteiger partial charge in [0, 0.05) is 19.0 Å². The zero-order chi connectivity index (χ0) is 20.2. The monoisotopic (exact) mass is 443 g/mol. The van der Waals surface area contributed by atoms with Gasteiger partial charge in [-0.2, -0.15) is 0 Å². The van der Waals surface area contributed by atoms with E-state index in [0.29, 0.717) is 31.6 Å². The van der Waals surface area contributed by atoms with Crippen molar-refractivity contribution in [1.29, 1.82) is 0 Å². The molecule has 1 amide bonds. The standard InChI is InChI=1S/C18H23BrFN3O4/c1-18(2,3)27-17(25)23-8-6-11(7-9-23)15(24)16(22-26)21-12-4-5-14(20)13(19)10-12/h4-5,10-11,26H,6-9H2,1-3H3,(H,21,22). The number of rotatable bonds is 3. The number of amides is 1. The maximum absolute atomic E-state index is 13.3. The van der Waals surface area contributed by atoms with Crippen LogP contribution in [-0.2, 0) is 9.53 Å². The van der Waals surface area contributed by atoms with Crippen molar-refractivity contribution in [3.05, 3.63) is 28.5 Å². The molecule has 1 heterocycles. The van der Waals surface area contributed by atoms with Gasteiger partial charge >= 0.3 is 6.09 Å². The van der Waals surface area contributed by atoms with Crippen molar-refractivity contribution >= 4 is 39.3 Å². The second-order valence-corrected chi connectivity index (χ2v) is 8.13. The van der Waals surface area contributed by atoms with Gasteiger partial charge in [-0.1, -0.05) is 0 Å². The molecule has 0 saturated carbocycles. The summed E-state index contributed by atoms with van der Waals surface area (Å²) in [6.07, 6.45) is 0.469. The Balaban J connectivity index is 2.01. The number of nitrogens with zero attached hydrogens (tertiary/aromatic N) is 2. The quantitative estimate of drug-likeness (QED) is 0.420. The smallest absolute Gasteiger partial charge is 0.410 e. The maximum atomic E-state index is 13.3. The van der Waals surface area contributed by atoms with Gasteiger partial charge in [-0.25, -0.2) is 19.7 Å². The number of benzene rings is 1. The molecule has 2 rings (SSSR count). The average molecular weight is 444 g/mol. The van der Waals surface area contributed by atoms with Gasteiger partial charge < -0.3 is 9.64 Å². The molecular formula is C18H23BrFN3O4. The summed E-state index contributed by atoms with van der Waals surface area (Å²) in [5, 5.41) is 9.31. The molecule has 7 nitrogen and oxygen atoms in total. The molecule has 1 aromatic rings. The minimum absolute atomic E-state index is 0.208. The Hall–Kier alpha value is -2.00. The van der Waals surface area contributed by atoms with Crippen LogP contribution >= 0.6 is 15.9 Å². The third-order valence-corrected chi connectivity index (χ3v) is 4.61. The van der Waals surface area contributed by atoms with E-state index in [0.717, 1.165) is 0 Å². The molecule has 0 radical (unpaired) electrons. The molecule has 0 unspecified atom stereocenters. The minimum Gasteiger partial charge on any atom is -0.444 e. The zero-order valence-electron chi connectivity index (χ0n) is 15.5. The van der Waals surface area contributed by atoms with Gasteiger partial charge in [-0.3, -0.25) is 10.0 Å². The molecule has 1 aromatic carbocycles. The van der Waals surface area contributed by atoms with Crippen LogP contribution in [0, 0.1) is 11.7 Å². The number of hydroxylamine groups is 1. The number of ketones is 1. The van der Waals surface area contributed by atoms with Crippen molar-refractivity contribution < 1.29 is 23.9 Å². The number of carbonyl (C=O) groups excluding carboxylic acids is 2. The van der Waals surface area contributed by atoms with E-state index < -0.39 is 17.5 Å². The number of amidine groups is 1. The molecular weight excluding hydrogens is 421 g/mol. The van der Waals surface area contributed by atoms with Crippen LogP contribution in [0.4, 0.5) is 14.9 Å². The highest BCUT2D eigenvalue weighted by Gasteiger charge is 2.31. The second-order valence-electron chi connectivity index (χ2n) is 7.28. The van der Waals surface area contributed by atoms with Crippen LogP contribution in [0.3, 0.4) is 0 Å². The molecule has 148 valence electrons. The highest BCUT2D eigenvalue weighted by Crippen LogP contribution is 2.24. The lowest BCUT2D eigenvalue weighted by molar-refractivity contribution is -0.118. The summed E-state index contributed by atoms with van der Waals surface area (Å²) < 4.78 is 18.8. The number of nitrogens with one attached hydrogen (secondary N) is 1. The highest BCUT2D eigenvalue weighted by molar-refractivity contribution is 9.10. The predicted octanol–water partition coefficient (Wildman–Crippen LogP) is 3.81. The summed E-state index contributed by atoms with van der Waals surface area (Å²) in [5.41, 5.74) is 1.58. The lowest BCUT2D eigenvalue weighted by atomic mass is 9.92. The minimum atomic E-state index is -0.576. The van der Waals surface area contributed by atoms with Crippen molar-refractivity contribution in [3.63, 3.8) is 0 Å². The van der Waals surface area contributed by atoms with E-state index in [2.05, 4.69) is 20.9 Å². The van der Waals surface area contributed by atoms with Gasteiger partial charge in [0.2, 0.25) is 5.78 Å². The summed E-state index contributed by atoms with van der Waals surface area (Å²) in [7, 11) is 0. The molecule has 1 saturated heterocycles. The molecule has 0 aromatic heterocycles. The fourth-order valence-electron chi connectivity index (χ4n) is 2.66. The molecule has 9 heteroatoms. The van der Waals surface area contributed by atoms with Crippen LogP contribution in [0.5, 0.6) is 0 Å². The third-order valence-electron chi connectivity index (χ3n) is 4.00. The van der Waals surface area contributed by atoms with Gasteiger partial charge in [-0.15, -0.1) is 0 Å². The summed E-state index contributed by atoms with van der Waals surface area (Å²) in [6.45, 7) is 6.15. The molecule has 0 spiro atoms. The number of carbonyl (C=O) groups is 2. The van der Waals surface area contributed by atoms with Crippen LogP contribution in [0.2, 0.25) is 0 Å². The van der Waals surface area contributed by atoms with Gasteiger partial charge in [0.25, 0.3) is 0 Å². The number of aliphatic imine (C=N–C) groups is 1. The lowest BCUT2D eigenvalue weighted by Crippen LogP contribution is -2.45. The number of hydrogen-bond acceptors (Lipinski definition) is 5. The van der Waals surface area contributed by atoms with Crippen LogP contribution in [0.15, 0.2) is 27.7 Å². The number of Topliss-reactive ketones (excluding diaryl/α,β-unsaturated/α-hetero) is 1. The van der Waals surface area contributed by atoms with Crippen LogP contribution in [0.1, 0.15) is 33.6 Å². The summed E-state index contributed by atoms with van der Waals surface area (Å²) >= 11 is 3.05.